The lowest BCUT2D eigenvalue weighted by Crippen LogP contribution is -2.00. The van der Waals surface area contributed by atoms with Gasteiger partial charge < -0.3 is 14.8 Å². The van der Waals surface area contributed by atoms with E-state index in [0.29, 0.717) is 11.5 Å². The van der Waals surface area contributed by atoms with Crippen LogP contribution in [-0.4, -0.2) is 28.8 Å². The van der Waals surface area contributed by atoms with Crippen LogP contribution in [-0.2, 0) is 0 Å². The third kappa shape index (κ3) is 2.89. The fourth-order valence-electron chi connectivity index (χ4n) is 2.59. The number of thiophene rings is 1. The second kappa shape index (κ2) is 6.45. The summed E-state index contributed by atoms with van der Waals surface area (Å²) in [6.07, 6.45) is 1.84. The second-order valence-corrected chi connectivity index (χ2v) is 6.25. The van der Waals surface area contributed by atoms with Gasteiger partial charge in [0.25, 0.3) is 0 Å². The van der Waals surface area contributed by atoms with Crippen molar-refractivity contribution >= 4 is 28.5 Å². The molecule has 0 amide bonds. The molecule has 25 heavy (non-hydrogen) atoms. The van der Waals surface area contributed by atoms with Gasteiger partial charge in [0.15, 0.2) is 23.0 Å². The van der Waals surface area contributed by atoms with Crippen molar-refractivity contribution in [1.82, 2.24) is 14.6 Å². The van der Waals surface area contributed by atoms with Crippen LogP contribution in [0.15, 0.2) is 54.0 Å². The van der Waals surface area contributed by atoms with Crippen LogP contribution in [0.25, 0.3) is 16.2 Å². The molecule has 3 heterocycles. The van der Waals surface area contributed by atoms with Crippen molar-refractivity contribution in [2.45, 2.75) is 0 Å². The summed E-state index contributed by atoms with van der Waals surface area (Å²) in [4.78, 5) is 5.54. The Morgan fingerprint density at radius 1 is 1.04 bits per heavy atom. The van der Waals surface area contributed by atoms with Crippen LogP contribution in [0.2, 0.25) is 0 Å². The van der Waals surface area contributed by atoms with E-state index in [-0.39, 0.29) is 0 Å². The van der Waals surface area contributed by atoms with E-state index in [4.69, 9.17) is 9.47 Å². The maximum Gasteiger partial charge on any atom is 0.162 e. The van der Waals surface area contributed by atoms with E-state index in [9.17, 15) is 0 Å². The summed E-state index contributed by atoms with van der Waals surface area (Å²) in [6, 6.07) is 13.6. The number of aromatic nitrogens is 3. The van der Waals surface area contributed by atoms with Crippen molar-refractivity contribution in [3.8, 4) is 22.1 Å². The molecule has 7 heteroatoms. The third-order valence-electron chi connectivity index (χ3n) is 3.79. The summed E-state index contributed by atoms with van der Waals surface area (Å²) in [5, 5.41) is 10.00. The van der Waals surface area contributed by atoms with Gasteiger partial charge in [0.05, 0.1) is 25.3 Å². The number of benzene rings is 1. The fraction of sp³-hybridized carbons (Fsp3) is 0.111. The van der Waals surface area contributed by atoms with Gasteiger partial charge in [-0.3, -0.25) is 0 Å². The molecule has 0 unspecified atom stereocenters. The predicted octanol–water partition coefficient (Wildman–Crippen LogP) is 4.22. The Kier molecular flexibility index (Phi) is 3.99. The molecule has 1 aromatic carbocycles. The molecule has 4 aromatic rings. The van der Waals surface area contributed by atoms with Crippen molar-refractivity contribution in [2.24, 2.45) is 0 Å². The molecule has 0 aliphatic heterocycles. The van der Waals surface area contributed by atoms with Crippen molar-refractivity contribution in [3.05, 3.63) is 54.0 Å². The Bertz CT molecular complexity index is 1010. The molecular formula is C18H16N4O2S. The minimum atomic E-state index is 0.662. The molecule has 4 rings (SSSR count). The van der Waals surface area contributed by atoms with E-state index in [1.54, 1.807) is 25.6 Å². The number of imidazole rings is 1. The molecule has 0 bridgehead atoms. The maximum atomic E-state index is 5.34. The molecule has 0 fully saturated rings. The minimum absolute atomic E-state index is 0.662. The Hall–Kier alpha value is -3.06. The summed E-state index contributed by atoms with van der Waals surface area (Å²) in [5.41, 5.74) is 2.64. The number of hydrogen-bond acceptors (Lipinski definition) is 6. The molecule has 6 nitrogen and oxygen atoms in total. The largest absolute Gasteiger partial charge is 0.493 e. The van der Waals surface area contributed by atoms with E-state index < -0.39 is 0 Å². The molecule has 0 saturated carbocycles. The average Bonchev–Trinajstić information content (AvgIpc) is 3.30. The highest BCUT2D eigenvalue weighted by Gasteiger charge is 2.10. The highest BCUT2D eigenvalue weighted by atomic mass is 32.1. The van der Waals surface area contributed by atoms with Crippen LogP contribution < -0.4 is 14.8 Å². The number of methoxy groups -OCH3 is 2. The van der Waals surface area contributed by atoms with Crippen molar-refractivity contribution in [3.63, 3.8) is 0 Å². The Morgan fingerprint density at radius 3 is 2.68 bits per heavy atom. The molecule has 3 aromatic heterocycles. The minimum Gasteiger partial charge on any atom is -0.493 e. The lowest BCUT2D eigenvalue weighted by atomic mass is 10.2. The molecular weight excluding hydrogens is 336 g/mol. The summed E-state index contributed by atoms with van der Waals surface area (Å²) in [6.45, 7) is 0. The summed E-state index contributed by atoms with van der Waals surface area (Å²) in [7, 11) is 3.23. The smallest absolute Gasteiger partial charge is 0.162 e. The zero-order chi connectivity index (χ0) is 17.2. The van der Waals surface area contributed by atoms with Crippen LogP contribution in [0.5, 0.6) is 11.5 Å². The standard InChI is InChI=1S/C18H16N4O2S/c1-23-14-6-5-12(10-15(14)24-2)20-17-7-8-18-19-11-13(22(18)21-17)16-4-3-9-25-16/h3-11H,1-2H3,(H,20,21). The number of nitrogens with one attached hydrogen (secondary N) is 1. The maximum absolute atomic E-state index is 5.34. The highest BCUT2D eigenvalue weighted by molar-refractivity contribution is 7.13. The van der Waals surface area contributed by atoms with E-state index in [2.05, 4.69) is 21.5 Å². The second-order valence-electron chi connectivity index (χ2n) is 5.30. The topological polar surface area (TPSA) is 60.7 Å². The molecule has 0 saturated heterocycles. The van der Waals surface area contributed by atoms with Gasteiger partial charge >= 0.3 is 0 Å². The Balaban J connectivity index is 1.69. The van der Waals surface area contributed by atoms with Crippen LogP contribution >= 0.6 is 11.3 Å². The quantitative estimate of drug-likeness (QED) is 0.583. The fourth-order valence-corrected chi connectivity index (χ4v) is 3.31. The average molecular weight is 352 g/mol. The Labute approximate surface area is 148 Å². The van der Waals surface area contributed by atoms with Gasteiger partial charge in [-0.2, -0.15) is 0 Å². The molecule has 0 spiro atoms. The first-order valence-electron chi connectivity index (χ1n) is 7.66. The van der Waals surface area contributed by atoms with Crippen molar-refractivity contribution in [1.29, 1.82) is 0 Å². The predicted molar refractivity (Wildman–Crippen MR) is 99.1 cm³/mol. The molecule has 0 aliphatic rings. The SMILES string of the molecule is COc1ccc(Nc2ccc3ncc(-c4cccs4)n3n2)cc1OC. The summed E-state index contributed by atoms with van der Waals surface area (Å²) < 4.78 is 12.4. The molecule has 0 radical (unpaired) electrons. The molecule has 1 N–H and O–H groups in total. The lowest BCUT2D eigenvalue weighted by molar-refractivity contribution is 0.355. The van der Waals surface area contributed by atoms with E-state index >= 15 is 0 Å². The number of nitrogens with zero attached hydrogens (tertiary/aromatic N) is 3. The number of ether oxygens (including phenoxy) is 2. The van der Waals surface area contributed by atoms with Gasteiger partial charge in [-0.05, 0) is 35.7 Å². The number of hydrogen-bond donors (Lipinski definition) is 1. The molecule has 126 valence electrons. The van der Waals surface area contributed by atoms with Crippen LogP contribution in [0.3, 0.4) is 0 Å². The first-order valence-corrected chi connectivity index (χ1v) is 8.54. The lowest BCUT2D eigenvalue weighted by Gasteiger charge is -2.11. The van der Waals surface area contributed by atoms with E-state index in [1.807, 2.05) is 52.5 Å². The number of fused-ring (bicyclic) bond motifs is 1. The first-order chi connectivity index (χ1) is 12.3. The number of rotatable bonds is 5. The normalized spacial score (nSPS) is 10.8. The van der Waals surface area contributed by atoms with E-state index in [0.717, 1.165) is 27.7 Å². The van der Waals surface area contributed by atoms with Crippen LogP contribution in [0.1, 0.15) is 0 Å². The molecule has 0 aliphatic carbocycles. The van der Waals surface area contributed by atoms with Crippen molar-refractivity contribution < 1.29 is 9.47 Å². The van der Waals surface area contributed by atoms with Gasteiger partial charge in [0.2, 0.25) is 0 Å². The monoisotopic (exact) mass is 352 g/mol. The van der Waals surface area contributed by atoms with Crippen molar-refractivity contribution in [2.75, 3.05) is 19.5 Å². The number of anilines is 2. The molecule has 0 atom stereocenters. The van der Waals surface area contributed by atoms with Gasteiger partial charge in [-0.1, -0.05) is 6.07 Å². The Morgan fingerprint density at radius 2 is 1.92 bits per heavy atom. The summed E-state index contributed by atoms with van der Waals surface area (Å²) in [5.74, 6) is 2.07. The zero-order valence-electron chi connectivity index (χ0n) is 13.8. The van der Waals surface area contributed by atoms with Gasteiger partial charge in [-0.15, -0.1) is 16.4 Å². The zero-order valence-corrected chi connectivity index (χ0v) is 14.6. The highest BCUT2D eigenvalue weighted by Crippen LogP contribution is 2.31. The van der Waals surface area contributed by atoms with Crippen LogP contribution in [0, 0.1) is 0 Å². The van der Waals surface area contributed by atoms with Gasteiger partial charge in [0, 0.05) is 11.8 Å². The van der Waals surface area contributed by atoms with E-state index in [1.165, 1.54) is 0 Å². The summed E-state index contributed by atoms with van der Waals surface area (Å²) >= 11 is 1.66. The van der Waals surface area contributed by atoms with Gasteiger partial charge in [0.1, 0.15) is 5.69 Å². The first kappa shape index (κ1) is 15.5. The third-order valence-corrected chi connectivity index (χ3v) is 4.68. The van der Waals surface area contributed by atoms with Crippen LogP contribution in [0.4, 0.5) is 11.5 Å². The van der Waals surface area contributed by atoms with Gasteiger partial charge in [-0.25, -0.2) is 9.50 Å².